The molecule has 2 unspecified atom stereocenters. The summed E-state index contributed by atoms with van der Waals surface area (Å²) >= 11 is 0. The van der Waals surface area contributed by atoms with Crippen LogP contribution in [-0.2, 0) is 16.8 Å². The highest BCUT2D eigenvalue weighted by molar-refractivity contribution is 5.79. The molecular formula is C33H37NO3. The van der Waals surface area contributed by atoms with Crippen molar-refractivity contribution in [3.8, 4) is 11.1 Å². The second-order valence-electron chi connectivity index (χ2n) is 11.2. The van der Waals surface area contributed by atoms with Crippen molar-refractivity contribution in [3.63, 3.8) is 0 Å². The molecule has 4 nitrogen and oxygen atoms in total. The van der Waals surface area contributed by atoms with Crippen LogP contribution in [0, 0.1) is 0 Å². The van der Waals surface area contributed by atoms with Gasteiger partial charge < -0.3 is 14.7 Å². The van der Waals surface area contributed by atoms with Gasteiger partial charge in [0.2, 0.25) is 0 Å². The van der Waals surface area contributed by atoms with Crippen molar-refractivity contribution in [1.82, 2.24) is 4.90 Å². The molecule has 2 fully saturated rings. The number of carbonyl (C=O) groups excluding carboxylic acids is 1. The van der Waals surface area contributed by atoms with Gasteiger partial charge in [-0.05, 0) is 65.5 Å². The Balaban J connectivity index is 1.16. The van der Waals surface area contributed by atoms with E-state index in [1.54, 1.807) is 0 Å². The molecule has 37 heavy (non-hydrogen) atoms. The van der Waals surface area contributed by atoms with E-state index in [4.69, 9.17) is 4.74 Å². The first-order valence-corrected chi connectivity index (χ1v) is 14.0. The number of unbranched alkanes of at least 4 members (excludes halogenated alkanes) is 1. The van der Waals surface area contributed by atoms with Crippen molar-refractivity contribution in [1.29, 1.82) is 0 Å². The SMILES string of the molecule is CCCCc1ccc(C2(O)CC3CCCC(C2)N3C(=O)OCC2c3ccccc3-c3ccccc32)cc1. The zero-order chi connectivity index (χ0) is 25.4. The van der Waals surface area contributed by atoms with Crippen molar-refractivity contribution < 1.29 is 14.6 Å². The molecule has 6 rings (SSSR count). The van der Waals surface area contributed by atoms with Gasteiger partial charge in [-0.1, -0.05) is 86.1 Å². The number of fused-ring (bicyclic) bond motifs is 5. The maximum absolute atomic E-state index is 13.5. The first-order valence-electron chi connectivity index (χ1n) is 14.0. The summed E-state index contributed by atoms with van der Waals surface area (Å²) in [6.45, 7) is 2.55. The van der Waals surface area contributed by atoms with Crippen LogP contribution in [-0.4, -0.2) is 34.8 Å². The minimum absolute atomic E-state index is 0.00733. The van der Waals surface area contributed by atoms with Gasteiger partial charge in [-0.3, -0.25) is 0 Å². The van der Waals surface area contributed by atoms with Gasteiger partial charge >= 0.3 is 6.09 Å². The Morgan fingerprint density at radius 3 is 2.11 bits per heavy atom. The van der Waals surface area contributed by atoms with Crippen molar-refractivity contribution in [2.24, 2.45) is 0 Å². The Morgan fingerprint density at radius 1 is 0.919 bits per heavy atom. The molecule has 2 bridgehead atoms. The fraction of sp³-hybridized carbons (Fsp3) is 0.424. The maximum Gasteiger partial charge on any atom is 0.410 e. The number of aryl methyl sites for hydroxylation is 1. The largest absolute Gasteiger partial charge is 0.448 e. The van der Waals surface area contributed by atoms with Crippen LogP contribution in [0.2, 0.25) is 0 Å². The number of hydrogen-bond acceptors (Lipinski definition) is 3. The number of aliphatic hydroxyl groups is 1. The fourth-order valence-electron chi connectivity index (χ4n) is 6.99. The number of amides is 1. The molecule has 2 aliphatic heterocycles. The molecule has 0 aromatic heterocycles. The van der Waals surface area contributed by atoms with Crippen molar-refractivity contribution in [3.05, 3.63) is 95.1 Å². The lowest BCUT2D eigenvalue weighted by molar-refractivity contribution is -0.0891. The van der Waals surface area contributed by atoms with E-state index in [0.29, 0.717) is 19.4 Å². The number of hydrogen-bond donors (Lipinski definition) is 1. The molecule has 4 heteroatoms. The van der Waals surface area contributed by atoms with Crippen LogP contribution in [0.5, 0.6) is 0 Å². The number of ether oxygens (including phenoxy) is 1. The van der Waals surface area contributed by atoms with E-state index in [2.05, 4.69) is 79.7 Å². The van der Waals surface area contributed by atoms with Gasteiger partial charge in [0.05, 0.1) is 5.60 Å². The van der Waals surface area contributed by atoms with Gasteiger partial charge in [0.1, 0.15) is 6.61 Å². The van der Waals surface area contributed by atoms with Crippen LogP contribution in [0.3, 0.4) is 0 Å². The Morgan fingerprint density at radius 2 is 1.51 bits per heavy atom. The van der Waals surface area contributed by atoms with Crippen LogP contribution in [0.15, 0.2) is 72.8 Å². The topological polar surface area (TPSA) is 49.8 Å². The summed E-state index contributed by atoms with van der Waals surface area (Å²) in [7, 11) is 0. The average Bonchev–Trinajstić information content (AvgIpc) is 3.24. The molecule has 3 aromatic carbocycles. The molecule has 192 valence electrons. The lowest BCUT2D eigenvalue weighted by Gasteiger charge is -2.51. The Kier molecular flexibility index (Phi) is 6.54. The van der Waals surface area contributed by atoms with E-state index in [9.17, 15) is 9.90 Å². The molecule has 1 aliphatic carbocycles. The molecule has 1 N–H and O–H groups in total. The third-order valence-corrected chi connectivity index (χ3v) is 8.87. The summed E-state index contributed by atoms with van der Waals surface area (Å²) in [5, 5.41) is 11.8. The molecular weight excluding hydrogens is 458 g/mol. The summed E-state index contributed by atoms with van der Waals surface area (Å²) in [5.74, 6) is 0.0594. The van der Waals surface area contributed by atoms with E-state index in [0.717, 1.165) is 31.2 Å². The van der Waals surface area contributed by atoms with E-state index in [-0.39, 0.29) is 24.1 Å². The predicted molar refractivity (Wildman–Crippen MR) is 147 cm³/mol. The summed E-state index contributed by atoms with van der Waals surface area (Å²) in [6, 6.07) is 25.4. The first-order chi connectivity index (χ1) is 18.1. The maximum atomic E-state index is 13.5. The highest BCUT2D eigenvalue weighted by atomic mass is 16.6. The molecule has 3 aromatic rings. The Hall–Kier alpha value is -3.11. The number of piperidine rings is 2. The fourth-order valence-corrected chi connectivity index (χ4v) is 6.99. The van der Waals surface area contributed by atoms with Crippen molar-refractivity contribution in [2.45, 2.75) is 81.9 Å². The van der Waals surface area contributed by atoms with Crippen LogP contribution in [0.25, 0.3) is 11.1 Å². The number of nitrogens with zero attached hydrogens (tertiary/aromatic N) is 1. The van der Waals surface area contributed by atoms with Gasteiger partial charge in [0.15, 0.2) is 0 Å². The Labute approximate surface area is 220 Å². The summed E-state index contributed by atoms with van der Waals surface area (Å²) in [4.78, 5) is 15.5. The lowest BCUT2D eigenvalue weighted by atomic mass is 9.72. The highest BCUT2D eigenvalue weighted by Gasteiger charge is 2.48. The molecule has 2 heterocycles. The molecule has 2 saturated heterocycles. The normalized spacial score (nSPS) is 24.4. The molecule has 0 radical (unpaired) electrons. The minimum atomic E-state index is -0.890. The summed E-state index contributed by atoms with van der Waals surface area (Å²) in [6.07, 6.45) is 7.28. The van der Waals surface area contributed by atoms with Crippen molar-refractivity contribution in [2.75, 3.05) is 6.61 Å². The predicted octanol–water partition coefficient (Wildman–Crippen LogP) is 7.18. The number of carbonyl (C=O) groups is 1. The summed E-state index contributed by atoms with van der Waals surface area (Å²) < 4.78 is 6.05. The van der Waals surface area contributed by atoms with Crippen LogP contribution in [0.4, 0.5) is 4.79 Å². The third kappa shape index (κ3) is 4.46. The van der Waals surface area contributed by atoms with Crippen LogP contribution in [0.1, 0.15) is 80.0 Å². The van der Waals surface area contributed by atoms with Gasteiger partial charge in [-0.2, -0.15) is 0 Å². The monoisotopic (exact) mass is 495 g/mol. The van der Waals surface area contributed by atoms with E-state index in [1.807, 2.05) is 4.90 Å². The van der Waals surface area contributed by atoms with Crippen molar-refractivity contribution >= 4 is 6.09 Å². The molecule has 2 atom stereocenters. The zero-order valence-electron chi connectivity index (χ0n) is 21.7. The zero-order valence-corrected chi connectivity index (χ0v) is 21.7. The lowest BCUT2D eigenvalue weighted by Crippen LogP contribution is -2.59. The second kappa shape index (κ2) is 9.98. The standard InChI is InChI=1S/C33H37NO3/c1-2-3-9-23-16-18-24(19-17-23)33(36)20-25-10-8-11-26(21-33)34(25)32(35)37-22-31-29-14-6-4-12-27(29)28-13-5-7-15-30(28)31/h4-7,12-19,25-26,31,36H,2-3,8-11,20-22H2,1H3. The molecule has 1 amide bonds. The first kappa shape index (κ1) is 24.2. The smallest absolute Gasteiger partial charge is 0.410 e. The average molecular weight is 496 g/mol. The van der Waals surface area contributed by atoms with Gasteiger partial charge in [0, 0.05) is 30.8 Å². The highest BCUT2D eigenvalue weighted by Crippen LogP contribution is 2.46. The third-order valence-electron chi connectivity index (χ3n) is 8.87. The van der Waals surface area contributed by atoms with E-state index in [1.165, 1.54) is 40.7 Å². The van der Waals surface area contributed by atoms with E-state index >= 15 is 0 Å². The van der Waals surface area contributed by atoms with Crippen LogP contribution < -0.4 is 0 Å². The summed E-state index contributed by atoms with van der Waals surface area (Å²) in [5.41, 5.74) is 6.35. The quantitative estimate of drug-likeness (QED) is 0.394. The van der Waals surface area contributed by atoms with Gasteiger partial charge in [-0.25, -0.2) is 4.79 Å². The minimum Gasteiger partial charge on any atom is -0.448 e. The number of benzene rings is 3. The Bertz CT molecular complexity index is 1210. The van der Waals surface area contributed by atoms with Gasteiger partial charge in [-0.15, -0.1) is 0 Å². The second-order valence-corrected chi connectivity index (χ2v) is 11.2. The molecule has 3 aliphatic rings. The number of rotatable bonds is 6. The van der Waals surface area contributed by atoms with E-state index < -0.39 is 5.60 Å². The van der Waals surface area contributed by atoms with Gasteiger partial charge in [0.25, 0.3) is 0 Å². The van der Waals surface area contributed by atoms with Crippen LogP contribution >= 0.6 is 0 Å². The molecule has 0 spiro atoms. The molecule has 0 saturated carbocycles.